The predicted molar refractivity (Wildman–Crippen MR) is 74.8 cm³/mol. The van der Waals surface area contributed by atoms with Crippen molar-refractivity contribution >= 4 is 5.91 Å². The van der Waals surface area contributed by atoms with Gasteiger partial charge in [-0.3, -0.25) is 9.69 Å². The van der Waals surface area contributed by atoms with E-state index in [0.29, 0.717) is 5.91 Å². The van der Waals surface area contributed by atoms with Crippen LogP contribution in [0, 0.1) is 5.92 Å². The minimum absolute atomic E-state index is 0.181. The van der Waals surface area contributed by atoms with E-state index in [0.717, 1.165) is 65.0 Å². The van der Waals surface area contributed by atoms with Crippen LogP contribution in [0.4, 0.5) is 0 Å². The van der Waals surface area contributed by atoms with E-state index in [4.69, 9.17) is 10.5 Å². The lowest BCUT2D eigenvalue weighted by Crippen LogP contribution is -2.39. The Morgan fingerprint density at radius 3 is 2.79 bits per heavy atom. The van der Waals surface area contributed by atoms with Crippen LogP contribution in [0.3, 0.4) is 0 Å². The van der Waals surface area contributed by atoms with Gasteiger partial charge in [0.2, 0.25) is 5.91 Å². The molecule has 5 nitrogen and oxygen atoms in total. The van der Waals surface area contributed by atoms with Crippen molar-refractivity contribution in [1.82, 2.24) is 9.80 Å². The van der Waals surface area contributed by atoms with E-state index in [9.17, 15) is 4.79 Å². The largest absolute Gasteiger partial charge is 0.383 e. The molecule has 2 unspecified atom stereocenters. The Balaban J connectivity index is 1.80. The molecular formula is C14H27N3O2. The van der Waals surface area contributed by atoms with Crippen LogP contribution in [0.15, 0.2) is 0 Å². The van der Waals surface area contributed by atoms with E-state index in [1.54, 1.807) is 7.11 Å². The maximum absolute atomic E-state index is 12.4. The molecule has 2 N–H and O–H groups in total. The smallest absolute Gasteiger partial charge is 0.225 e. The average Bonchev–Trinajstić information content (AvgIpc) is 2.71. The number of nitrogens with two attached hydrogens (primary N) is 1. The zero-order valence-electron chi connectivity index (χ0n) is 12.0. The highest BCUT2D eigenvalue weighted by atomic mass is 16.5. The summed E-state index contributed by atoms with van der Waals surface area (Å²) < 4.78 is 5.12. The number of carbonyl (C=O) groups is 1. The van der Waals surface area contributed by atoms with E-state index in [1.165, 1.54) is 0 Å². The lowest BCUT2D eigenvalue weighted by atomic mass is 10.1. The molecular weight excluding hydrogens is 242 g/mol. The summed E-state index contributed by atoms with van der Waals surface area (Å²) in [4.78, 5) is 16.9. The van der Waals surface area contributed by atoms with Gasteiger partial charge in [0.15, 0.2) is 0 Å². The minimum Gasteiger partial charge on any atom is -0.383 e. The zero-order chi connectivity index (χ0) is 13.7. The zero-order valence-corrected chi connectivity index (χ0v) is 12.0. The molecule has 19 heavy (non-hydrogen) atoms. The maximum atomic E-state index is 12.4. The summed E-state index contributed by atoms with van der Waals surface area (Å²) in [5.41, 5.74) is 5.91. The fourth-order valence-corrected chi connectivity index (χ4v) is 3.13. The summed E-state index contributed by atoms with van der Waals surface area (Å²) >= 11 is 0. The van der Waals surface area contributed by atoms with Crippen LogP contribution in [0.2, 0.25) is 0 Å². The van der Waals surface area contributed by atoms with E-state index < -0.39 is 0 Å². The molecule has 0 aromatic carbocycles. The van der Waals surface area contributed by atoms with Crippen molar-refractivity contribution in [1.29, 1.82) is 0 Å². The van der Waals surface area contributed by atoms with Gasteiger partial charge in [0.25, 0.3) is 0 Å². The Hall–Kier alpha value is -0.650. The first kappa shape index (κ1) is 14.8. The van der Waals surface area contributed by atoms with Crippen molar-refractivity contribution in [2.75, 3.05) is 46.4 Å². The lowest BCUT2D eigenvalue weighted by Gasteiger charge is -2.24. The summed E-state index contributed by atoms with van der Waals surface area (Å²) in [6.07, 6.45) is 3.92. The first-order chi connectivity index (χ1) is 9.20. The number of rotatable bonds is 4. The van der Waals surface area contributed by atoms with E-state index in [-0.39, 0.29) is 12.0 Å². The van der Waals surface area contributed by atoms with Crippen molar-refractivity contribution < 1.29 is 9.53 Å². The summed E-state index contributed by atoms with van der Waals surface area (Å²) in [5, 5.41) is 0. The molecule has 2 rings (SSSR count). The molecule has 2 fully saturated rings. The van der Waals surface area contributed by atoms with Gasteiger partial charge in [-0.1, -0.05) is 0 Å². The average molecular weight is 269 g/mol. The van der Waals surface area contributed by atoms with Crippen molar-refractivity contribution in [3.05, 3.63) is 0 Å². The van der Waals surface area contributed by atoms with Crippen molar-refractivity contribution in [2.45, 2.75) is 31.7 Å². The molecule has 2 aliphatic rings. The second-order valence-electron chi connectivity index (χ2n) is 5.78. The number of methoxy groups -OCH3 is 1. The Kier molecular flexibility index (Phi) is 5.60. The summed E-state index contributed by atoms with van der Waals surface area (Å²) in [7, 11) is 1.73. The van der Waals surface area contributed by atoms with Crippen LogP contribution in [-0.2, 0) is 9.53 Å². The van der Waals surface area contributed by atoms with Crippen LogP contribution in [0.5, 0.6) is 0 Å². The van der Waals surface area contributed by atoms with Crippen LogP contribution in [0.1, 0.15) is 25.7 Å². The van der Waals surface area contributed by atoms with E-state index >= 15 is 0 Å². The van der Waals surface area contributed by atoms with Gasteiger partial charge >= 0.3 is 0 Å². The Labute approximate surface area is 116 Å². The van der Waals surface area contributed by atoms with Gasteiger partial charge in [-0.15, -0.1) is 0 Å². The molecule has 0 aromatic rings. The molecule has 1 saturated heterocycles. The molecule has 110 valence electrons. The van der Waals surface area contributed by atoms with Crippen molar-refractivity contribution in [3.63, 3.8) is 0 Å². The first-order valence-corrected chi connectivity index (χ1v) is 7.46. The molecule has 1 heterocycles. The van der Waals surface area contributed by atoms with Gasteiger partial charge in [-0.05, 0) is 32.2 Å². The maximum Gasteiger partial charge on any atom is 0.225 e. The second kappa shape index (κ2) is 7.22. The van der Waals surface area contributed by atoms with Crippen molar-refractivity contribution in [2.24, 2.45) is 11.7 Å². The summed E-state index contributed by atoms with van der Waals surface area (Å²) in [6, 6.07) is 0.235. The minimum atomic E-state index is 0.181. The monoisotopic (exact) mass is 269 g/mol. The first-order valence-electron chi connectivity index (χ1n) is 7.46. The molecule has 2 atom stereocenters. The highest BCUT2D eigenvalue weighted by molar-refractivity contribution is 5.79. The number of ether oxygens (including phenoxy) is 1. The van der Waals surface area contributed by atoms with Crippen LogP contribution in [-0.4, -0.2) is 68.2 Å². The predicted octanol–water partition coefficient (Wildman–Crippen LogP) is 0.295. The van der Waals surface area contributed by atoms with Crippen LogP contribution >= 0.6 is 0 Å². The molecule has 1 amide bonds. The van der Waals surface area contributed by atoms with Gasteiger partial charge < -0.3 is 15.4 Å². The van der Waals surface area contributed by atoms with Crippen LogP contribution < -0.4 is 5.73 Å². The number of amides is 1. The third-order valence-corrected chi connectivity index (χ3v) is 4.33. The highest BCUT2D eigenvalue weighted by Gasteiger charge is 2.31. The Morgan fingerprint density at radius 2 is 2.11 bits per heavy atom. The number of hydrogen-bond donors (Lipinski definition) is 1. The third-order valence-electron chi connectivity index (χ3n) is 4.33. The SMILES string of the molecule is COCCN1CCCN(C(=O)C2CCC(N)C2)CC1. The molecule has 1 aliphatic heterocycles. The van der Waals surface area contributed by atoms with Gasteiger partial charge in [-0.2, -0.15) is 0 Å². The van der Waals surface area contributed by atoms with E-state index in [1.807, 2.05) is 0 Å². The van der Waals surface area contributed by atoms with Gasteiger partial charge in [0, 0.05) is 45.2 Å². The number of hydrogen-bond acceptors (Lipinski definition) is 4. The lowest BCUT2D eigenvalue weighted by molar-refractivity contribution is -0.135. The number of carbonyl (C=O) groups excluding carboxylic acids is 1. The summed E-state index contributed by atoms with van der Waals surface area (Å²) in [5.74, 6) is 0.516. The fourth-order valence-electron chi connectivity index (χ4n) is 3.13. The quantitative estimate of drug-likeness (QED) is 0.797. The van der Waals surface area contributed by atoms with E-state index in [2.05, 4.69) is 9.80 Å². The Bertz CT molecular complexity index is 298. The fraction of sp³-hybridized carbons (Fsp3) is 0.929. The van der Waals surface area contributed by atoms with Gasteiger partial charge in [0.05, 0.1) is 6.61 Å². The second-order valence-corrected chi connectivity index (χ2v) is 5.78. The molecule has 0 radical (unpaired) electrons. The highest BCUT2D eigenvalue weighted by Crippen LogP contribution is 2.26. The molecule has 0 bridgehead atoms. The Morgan fingerprint density at radius 1 is 1.26 bits per heavy atom. The van der Waals surface area contributed by atoms with Gasteiger partial charge in [0.1, 0.15) is 0 Å². The molecule has 1 saturated carbocycles. The molecule has 0 spiro atoms. The molecule has 1 aliphatic carbocycles. The molecule has 0 aromatic heterocycles. The van der Waals surface area contributed by atoms with Gasteiger partial charge in [-0.25, -0.2) is 0 Å². The number of nitrogens with zero attached hydrogens (tertiary/aromatic N) is 2. The topological polar surface area (TPSA) is 58.8 Å². The molecule has 5 heteroatoms. The summed E-state index contributed by atoms with van der Waals surface area (Å²) in [6.45, 7) is 5.52. The standard InChI is InChI=1S/C14H27N3O2/c1-19-10-9-16-5-2-6-17(8-7-16)14(18)12-3-4-13(15)11-12/h12-13H,2-11,15H2,1H3. The third kappa shape index (κ3) is 4.16. The normalized spacial score (nSPS) is 29.5. The van der Waals surface area contributed by atoms with Crippen molar-refractivity contribution in [3.8, 4) is 0 Å². The van der Waals surface area contributed by atoms with Crippen LogP contribution in [0.25, 0.3) is 0 Å².